The molecule has 2 amide bonds. The van der Waals surface area contributed by atoms with Crippen LogP contribution < -0.4 is 5.32 Å². The summed E-state index contributed by atoms with van der Waals surface area (Å²) in [4.78, 5) is 51.8. The molecule has 2 aromatic carbocycles. The van der Waals surface area contributed by atoms with Gasteiger partial charge in [-0.2, -0.15) is 0 Å². The van der Waals surface area contributed by atoms with E-state index in [0.29, 0.717) is 32.2 Å². The minimum atomic E-state index is -1.07. The number of aliphatic carboxylic acids is 1. The van der Waals surface area contributed by atoms with E-state index in [1.54, 1.807) is 0 Å². The van der Waals surface area contributed by atoms with E-state index in [-0.39, 0.29) is 23.4 Å². The quantitative estimate of drug-likeness (QED) is 0.569. The molecule has 0 bridgehead atoms. The van der Waals surface area contributed by atoms with Gasteiger partial charge in [0.25, 0.3) is 0 Å². The molecule has 1 saturated heterocycles. The van der Waals surface area contributed by atoms with Gasteiger partial charge in [-0.1, -0.05) is 72.4 Å². The number of carboxylic acid groups (broad SMARTS) is 1. The molecule has 0 radical (unpaired) electrons. The van der Waals surface area contributed by atoms with Crippen molar-refractivity contribution in [1.29, 1.82) is 0 Å². The zero-order valence-corrected chi connectivity index (χ0v) is 20.0. The number of carbonyl (C=O) groups excluding carboxylic acids is 3. The molecule has 0 aromatic heterocycles. The van der Waals surface area contributed by atoms with Crippen LogP contribution in [0, 0.1) is 0 Å². The molecule has 34 heavy (non-hydrogen) atoms. The lowest BCUT2D eigenvalue weighted by Gasteiger charge is -2.31. The standard InChI is InChI=1S/C26H30N2O5S/c1-18(29)34-23(17-20-12-6-3-7-13-20)24(30)27-21-14-8-9-15-28(25(21)31)22(26(32)33)16-19-10-4-2-5-11-19/h2-7,10-13,21-23H,8-9,14-17H2,1H3,(H,27,30)(H,32,33)/t21?,22-,23+/m0/s1. The van der Waals surface area contributed by atoms with E-state index in [0.717, 1.165) is 22.9 Å². The lowest BCUT2D eigenvalue weighted by Crippen LogP contribution is -2.54. The van der Waals surface area contributed by atoms with Crippen LogP contribution in [-0.4, -0.2) is 56.8 Å². The van der Waals surface area contributed by atoms with Gasteiger partial charge in [-0.25, -0.2) is 4.79 Å². The van der Waals surface area contributed by atoms with Crippen LogP contribution in [-0.2, 0) is 32.0 Å². The maximum absolute atomic E-state index is 13.4. The summed E-state index contributed by atoms with van der Waals surface area (Å²) >= 11 is 0.941. The van der Waals surface area contributed by atoms with E-state index in [9.17, 15) is 24.3 Å². The van der Waals surface area contributed by atoms with E-state index in [1.807, 2.05) is 60.7 Å². The van der Waals surface area contributed by atoms with Crippen molar-refractivity contribution < 1.29 is 24.3 Å². The Morgan fingerprint density at radius 1 is 1.00 bits per heavy atom. The number of likely N-dealkylation sites (tertiary alicyclic amines) is 1. The second-order valence-corrected chi connectivity index (χ2v) is 9.80. The van der Waals surface area contributed by atoms with E-state index in [2.05, 4.69) is 5.32 Å². The van der Waals surface area contributed by atoms with Crippen LogP contribution in [0.15, 0.2) is 60.7 Å². The Labute approximate surface area is 203 Å². The second-order valence-electron chi connectivity index (χ2n) is 8.42. The van der Waals surface area contributed by atoms with Crippen molar-refractivity contribution in [2.75, 3.05) is 6.54 Å². The summed E-state index contributed by atoms with van der Waals surface area (Å²) in [5.41, 5.74) is 1.74. The van der Waals surface area contributed by atoms with E-state index in [4.69, 9.17) is 0 Å². The van der Waals surface area contributed by atoms with Crippen molar-refractivity contribution >= 4 is 34.7 Å². The monoisotopic (exact) mass is 482 g/mol. The zero-order chi connectivity index (χ0) is 24.5. The fourth-order valence-electron chi connectivity index (χ4n) is 4.16. The van der Waals surface area contributed by atoms with Crippen LogP contribution >= 0.6 is 11.8 Å². The highest BCUT2D eigenvalue weighted by Crippen LogP contribution is 2.21. The Kier molecular flexibility index (Phi) is 9.27. The van der Waals surface area contributed by atoms with Crippen LogP contribution in [0.4, 0.5) is 0 Å². The normalized spacial score (nSPS) is 18.0. The molecule has 1 unspecified atom stereocenters. The van der Waals surface area contributed by atoms with Crippen LogP contribution in [0.3, 0.4) is 0 Å². The molecular weight excluding hydrogens is 452 g/mol. The van der Waals surface area contributed by atoms with Gasteiger partial charge < -0.3 is 15.3 Å². The molecule has 1 aliphatic heterocycles. The SMILES string of the molecule is CC(=O)S[C@H](Cc1ccccc1)C(=O)NC1CCCCN([C@@H](Cc2ccccc2)C(=O)O)C1=O. The van der Waals surface area contributed by atoms with Gasteiger partial charge in [0.2, 0.25) is 11.8 Å². The third-order valence-electron chi connectivity index (χ3n) is 5.84. The van der Waals surface area contributed by atoms with Gasteiger partial charge in [0.15, 0.2) is 5.12 Å². The number of benzene rings is 2. The van der Waals surface area contributed by atoms with Gasteiger partial charge in [0.1, 0.15) is 12.1 Å². The van der Waals surface area contributed by atoms with Crippen molar-refractivity contribution in [1.82, 2.24) is 10.2 Å². The van der Waals surface area contributed by atoms with Crippen molar-refractivity contribution in [3.05, 3.63) is 71.8 Å². The fourth-order valence-corrected chi connectivity index (χ4v) is 5.01. The van der Waals surface area contributed by atoms with E-state index < -0.39 is 23.3 Å². The van der Waals surface area contributed by atoms with Crippen LogP contribution in [0.2, 0.25) is 0 Å². The predicted octanol–water partition coefficient (Wildman–Crippen LogP) is 3.07. The summed E-state index contributed by atoms with van der Waals surface area (Å²) in [6, 6.07) is 16.8. The Bertz CT molecular complexity index is 999. The highest BCUT2D eigenvalue weighted by atomic mass is 32.2. The van der Waals surface area contributed by atoms with Gasteiger partial charge >= 0.3 is 5.97 Å². The molecular formula is C26H30N2O5S. The summed E-state index contributed by atoms with van der Waals surface area (Å²) in [6.45, 7) is 1.74. The minimum Gasteiger partial charge on any atom is -0.480 e. The molecule has 7 nitrogen and oxygen atoms in total. The second kappa shape index (κ2) is 12.4. The lowest BCUT2D eigenvalue weighted by atomic mass is 10.0. The average molecular weight is 483 g/mol. The Balaban J connectivity index is 1.75. The maximum Gasteiger partial charge on any atom is 0.326 e. The molecule has 3 atom stereocenters. The van der Waals surface area contributed by atoms with Crippen LogP contribution in [0.1, 0.15) is 37.3 Å². The summed E-state index contributed by atoms with van der Waals surface area (Å²) in [5.74, 6) is -1.85. The highest BCUT2D eigenvalue weighted by Gasteiger charge is 2.37. The molecule has 0 aliphatic carbocycles. The molecule has 1 fully saturated rings. The third kappa shape index (κ3) is 7.18. The first-order valence-corrected chi connectivity index (χ1v) is 12.3. The minimum absolute atomic E-state index is 0.182. The van der Waals surface area contributed by atoms with Crippen molar-refractivity contribution in [3.8, 4) is 0 Å². The van der Waals surface area contributed by atoms with Crippen molar-refractivity contribution in [3.63, 3.8) is 0 Å². The number of nitrogens with one attached hydrogen (secondary N) is 1. The first kappa shape index (κ1) is 25.5. The molecule has 2 aromatic rings. The van der Waals surface area contributed by atoms with Crippen molar-refractivity contribution in [2.45, 2.75) is 56.4 Å². The number of thioether (sulfide) groups is 1. The molecule has 3 rings (SSSR count). The number of amides is 2. The van der Waals surface area contributed by atoms with Gasteiger partial charge in [0.05, 0.1) is 5.25 Å². The number of nitrogens with zero attached hydrogens (tertiary/aromatic N) is 1. The molecule has 0 spiro atoms. The number of hydrogen-bond acceptors (Lipinski definition) is 5. The fraction of sp³-hybridized carbons (Fsp3) is 0.385. The summed E-state index contributed by atoms with van der Waals surface area (Å²) < 4.78 is 0. The van der Waals surface area contributed by atoms with E-state index in [1.165, 1.54) is 11.8 Å². The van der Waals surface area contributed by atoms with Crippen LogP contribution in [0.5, 0.6) is 0 Å². The van der Waals surface area contributed by atoms with Gasteiger partial charge in [-0.15, -0.1) is 0 Å². The van der Waals surface area contributed by atoms with Gasteiger partial charge in [0, 0.05) is 19.9 Å². The Hall–Kier alpha value is -3.13. The smallest absolute Gasteiger partial charge is 0.326 e. The molecule has 8 heteroatoms. The molecule has 1 heterocycles. The average Bonchev–Trinajstić information content (AvgIpc) is 2.99. The summed E-state index contributed by atoms with van der Waals surface area (Å²) in [7, 11) is 0. The van der Waals surface area contributed by atoms with Gasteiger partial charge in [-0.3, -0.25) is 14.4 Å². The predicted molar refractivity (Wildman–Crippen MR) is 131 cm³/mol. The Morgan fingerprint density at radius 2 is 1.59 bits per heavy atom. The zero-order valence-electron chi connectivity index (χ0n) is 19.2. The van der Waals surface area contributed by atoms with Crippen LogP contribution in [0.25, 0.3) is 0 Å². The molecule has 1 aliphatic rings. The first-order chi connectivity index (χ1) is 16.3. The number of carbonyl (C=O) groups is 4. The highest BCUT2D eigenvalue weighted by molar-refractivity contribution is 8.14. The summed E-state index contributed by atoms with van der Waals surface area (Å²) in [6.07, 6.45) is 2.33. The largest absolute Gasteiger partial charge is 0.480 e. The number of hydrogen-bond donors (Lipinski definition) is 2. The number of rotatable bonds is 9. The topological polar surface area (TPSA) is 104 Å². The van der Waals surface area contributed by atoms with Gasteiger partial charge in [-0.05, 0) is 36.8 Å². The maximum atomic E-state index is 13.4. The number of carboxylic acids is 1. The third-order valence-corrected chi connectivity index (χ3v) is 6.83. The first-order valence-electron chi connectivity index (χ1n) is 11.4. The summed E-state index contributed by atoms with van der Waals surface area (Å²) in [5, 5.41) is 11.9. The molecule has 180 valence electrons. The Morgan fingerprint density at radius 3 is 2.15 bits per heavy atom. The van der Waals surface area contributed by atoms with Crippen molar-refractivity contribution in [2.24, 2.45) is 0 Å². The van der Waals surface area contributed by atoms with E-state index >= 15 is 0 Å². The molecule has 2 N–H and O–H groups in total. The lowest BCUT2D eigenvalue weighted by molar-refractivity contribution is -0.151. The molecule has 0 saturated carbocycles.